The van der Waals surface area contributed by atoms with Crippen molar-refractivity contribution < 1.29 is 4.52 Å². The number of hydrogen-bond donors (Lipinski definition) is 1. The van der Waals surface area contributed by atoms with Gasteiger partial charge in [-0.05, 0) is 46.1 Å². The smallest absolute Gasteiger partial charge is 0.285 e. The molecular formula is C23H30N4O2S. The van der Waals surface area contributed by atoms with E-state index in [1.54, 1.807) is 11.5 Å². The second-order valence-electron chi connectivity index (χ2n) is 9.06. The second kappa shape index (κ2) is 8.40. The third-order valence-electron chi connectivity index (χ3n) is 5.45. The summed E-state index contributed by atoms with van der Waals surface area (Å²) in [6.07, 6.45) is 1.99. The first-order valence-corrected chi connectivity index (χ1v) is 11.3. The summed E-state index contributed by atoms with van der Waals surface area (Å²) in [4.78, 5) is 16.7. The minimum absolute atomic E-state index is 0.0758. The molecule has 0 spiro atoms. The molecule has 7 heteroatoms. The zero-order valence-electron chi connectivity index (χ0n) is 18.1. The Hall–Kier alpha value is -2.38. The molecule has 3 heterocycles. The first-order valence-electron chi connectivity index (χ1n) is 10.5. The maximum atomic E-state index is 13.3. The third-order valence-corrected chi connectivity index (χ3v) is 6.97. The topological polar surface area (TPSA) is 63.3 Å². The quantitative estimate of drug-likeness (QED) is 0.640. The zero-order chi connectivity index (χ0) is 21.3. The number of aromatic nitrogens is 2. The van der Waals surface area contributed by atoms with E-state index < -0.39 is 0 Å². The third kappa shape index (κ3) is 4.52. The van der Waals surface area contributed by atoms with Crippen molar-refractivity contribution in [2.24, 2.45) is 0 Å². The molecule has 0 saturated carbocycles. The van der Waals surface area contributed by atoms with Crippen LogP contribution in [0.1, 0.15) is 45.1 Å². The summed E-state index contributed by atoms with van der Waals surface area (Å²) < 4.78 is 7.07. The van der Waals surface area contributed by atoms with Crippen LogP contribution in [0, 0.1) is 6.92 Å². The van der Waals surface area contributed by atoms with Gasteiger partial charge >= 0.3 is 0 Å². The Morgan fingerprint density at radius 3 is 2.50 bits per heavy atom. The average molecular weight is 427 g/mol. The molecule has 0 amide bonds. The Bertz CT molecular complexity index is 1040. The van der Waals surface area contributed by atoms with Crippen molar-refractivity contribution in [1.29, 1.82) is 0 Å². The van der Waals surface area contributed by atoms with E-state index in [0.29, 0.717) is 6.04 Å². The molecule has 2 aromatic heterocycles. The van der Waals surface area contributed by atoms with Gasteiger partial charge in [-0.2, -0.15) is 0 Å². The molecule has 1 aromatic carbocycles. The normalized spacial score (nSPS) is 16.1. The Balaban J connectivity index is 1.50. The Labute approximate surface area is 181 Å². The van der Waals surface area contributed by atoms with E-state index in [2.05, 4.69) is 48.3 Å². The van der Waals surface area contributed by atoms with Gasteiger partial charge in [0.2, 0.25) is 0 Å². The molecule has 160 valence electrons. The largest absolute Gasteiger partial charge is 0.377 e. The summed E-state index contributed by atoms with van der Waals surface area (Å²) in [5, 5.41) is 7.72. The van der Waals surface area contributed by atoms with Gasteiger partial charge in [0.05, 0.1) is 16.1 Å². The fourth-order valence-corrected chi connectivity index (χ4v) is 5.00. The molecule has 1 N–H and O–H groups in total. The first kappa shape index (κ1) is 20.9. The van der Waals surface area contributed by atoms with E-state index >= 15 is 0 Å². The second-order valence-corrected chi connectivity index (χ2v) is 10.0. The van der Waals surface area contributed by atoms with Crippen LogP contribution in [0.3, 0.4) is 0 Å². The predicted octanol–water partition coefficient (Wildman–Crippen LogP) is 4.70. The maximum Gasteiger partial charge on any atom is 0.285 e. The van der Waals surface area contributed by atoms with Gasteiger partial charge < -0.3 is 9.84 Å². The number of aryl methyl sites for hydroxylation is 1. The van der Waals surface area contributed by atoms with Crippen molar-refractivity contribution in [2.45, 2.75) is 58.7 Å². The summed E-state index contributed by atoms with van der Waals surface area (Å²) in [5.41, 5.74) is 2.64. The van der Waals surface area contributed by atoms with Crippen molar-refractivity contribution in [2.75, 3.05) is 18.4 Å². The number of anilines is 1. The fraction of sp³-hybridized carbons (Fsp3) is 0.478. The predicted molar refractivity (Wildman–Crippen MR) is 122 cm³/mol. The lowest BCUT2D eigenvalue weighted by Crippen LogP contribution is -2.40. The number of benzene rings is 1. The number of piperidine rings is 1. The molecule has 1 aliphatic heterocycles. The van der Waals surface area contributed by atoms with Crippen LogP contribution in [0.15, 0.2) is 45.7 Å². The highest BCUT2D eigenvalue weighted by atomic mass is 32.1. The van der Waals surface area contributed by atoms with Gasteiger partial charge in [-0.15, -0.1) is 0 Å². The molecule has 0 bridgehead atoms. The lowest BCUT2D eigenvalue weighted by molar-refractivity contribution is 0.205. The zero-order valence-corrected chi connectivity index (χ0v) is 19.0. The minimum Gasteiger partial charge on any atom is -0.377 e. The highest BCUT2D eigenvalue weighted by Crippen LogP contribution is 2.34. The Kier molecular flexibility index (Phi) is 5.84. The summed E-state index contributed by atoms with van der Waals surface area (Å²) in [6.45, 7) is 10.9. The van der Waals surface area contributed by atoms with E-state index in [0.717, 1.165) is 60.1 Å². The lowest BCUT2D eigenvalue weighted by Gasteiger charge is -2.32. The Morgan fingerprint density at radius 2 is 1.90 bits per heavy atom. The molecule has 0 atom stereocenters. The van der Waals surface area contributed by atoms with Crippen LogP contribution in [0.4, 0.5) is 5.69 Å². The molecule has 0 radical (unpaired) electrons. The van der Waals surface area contributed by atoms with E-state index in [-0.39, 0.29) is 11.1 Å². The van der Waals surface area contributed by atoms with Crippen molar-refractivity contribution in [3.63, 3.8) is 0 Å². The number of rotatable bonds is 5. The van der Waals surface area contributed by atoms with Crippen molar-refractivity contribution in [1.82, 2.24) is 14.0 Å². The van der Waals surface area contributed by atoms with Crippen LogP contribution in [0.5, 0.6) is 0 Å². The molecule has 3 aromatic rings. The summed E-state index contributed by atoms with van der Waals surface area (Å²) >= 11 is 1.55. The average Bonchev–Trinajstić information content (AvgIpc) is 3.27. The molecule has 30 heavy (non-hydrogen) atoms. The van der Waals surface area contributed by atoms with Gasteiger partial charge in [0.15, 0.2) is 0 Å². The molecule has 6 nitrogen and oxygen atoms in total. The van der Waals surface area contributed by atoms with E-state index in [1.807, 2.05) is 35.1 Å². The van der Waals surface area contributed by atoms with Gasteiger partial charge in [-0.1, -0.05) is 47.0 Å². The van der Waals surface area contributed by atoms with Gasteiger partial charge in [0, 0.05) is 31.7 Å². The van der Waals surface area contributed by atoms with Gasteiger partial charge in [-0.25, -0.2) is 0 Å². The SMILES string of the molecule is Cc1cc(CN2CCC(Nc3c(-c4ccccc4)sn(C(C)(C)C)c3=O)CC2)no1. The first-order chi connectivity index (χ1) is 14.3. The lowest BCUT2D eigenvalue weighted by atomic mass is 10.0. The molecule has 1 saturated heterocycles. The number of nitrogens with one attached hydrogen (secondary N) is 1. The maximum absolute atomic E-state index is 13.3. The number of likely N-dealkylation sites (tertiary alicyclic amines) is 1. The summed E-state index contributed by atoms with van der Waals surface area (Å²) in [7, 11) is 0. The highest BCUT2D eigenvalue weighted by molar-refractivity contribution is 7.11. The van der Waals surface area contributed by atoms with Crippen molar-refractivity contribution in [3.8, 4) is 10.4 Å². The van der Waals surface area contributed by atoms with E-state index in [1.165, 1.54) is 0 Å². The number of nitrogens with zero attached hydrogens (tertiary/aromatic N) is 3. The van der Waals surface area contributed by atoms with Crippen LogP contribution in [0.25, 0.3) is 10.4 Å². The van der Waals surface area contributed by atoms with Crippen molar-refractivity contribution in [3.05, 3.63) is 58.2 Å². The van der Waals surface area contributed by atoms with Gasteiger partial charge in [0.1, 0.15) is 11.4 Å². The molecule has 0 unspecified atom stereocenters. The van der Waals surface area contributed by atoms with Crippen LogP contribution in [0.2, 0.25) is 0 Å². The standard InChI is InChI=1S/C23H30N4O2S/c1-16-14-19(25-29-16)15-26-12-10-18(11-13-26)24-20-21(17-8-6-5-7-9-17)30-27(22(20)28)23(2,3)4/h5-9,14,18,24H,10-13,15H2,1-4H3. The van der Waals surface area contributed by atoms with E-state index in [4.69, 9.17) is 4.52 Å². The van der Waals surface area contributed by atoms with Crippen LogP contribution in [-0.4, -0.2) is 33.1 Å². The van der Waals surface area contributed by atoms with Gasteiger partial charge in [-0.3, -0.25) is 13.7 Å². The van der Waals surface area contributed by atoms with Crippen molar-refractivity contribution >= 4 is 17.2 Å². The van der Waals surface area contributed by atoms with E-state index in [9.17, 15) is 4.79 Å². The monoisotopic (exact) mass is 426 g/mol. The molecule has 1 fully saturated rings. The Morgan fingerprint density at radius 1 is 1.20 bits per heavy atom. The van der Waals surface area contributed by atoms with Crippen LogP contribution >= 0.6 is 11.5 Å². The minimum atomic E-state index is -0.246. The highest BCUT2D eigenvalue weighted by Gasteiger charge is 2.27. The van der Waals surface area contributed by atoms with Gasteiger partial charge in [0.25, 0.3) is 5.56 Å². The fourth-order valence-electron chi connectivity index (χ4n) is 3.89. The van der Waals surface area contributed by atoms with Crippen LogP contribution < -0.4 is 10.9 Å². The molecule has 0 aliphatic carbocycles. The summed E-state index contributed by atoms with van der Waals surface area (Å²) in [5.74, 6) is 0.850. The summed E-state index contributed by atoms with van der Waals surface area (Å²) in [6, 6.07) is 12.5. The molecular weight excluding hydrogens is 396 g/mol. The number of hydrogen-bond acceptors (Lipinski definition) is 6. The molecule has 4 rings (SSSR count). The molecule has 1 aliphatic rings. The van der Waals surface area contributed by atoms with Crippen LogP contribution in [-0.2, 0) is 12.1 Å².